The Morgan fingerprint density at radius 3 is 2.48 bits per heavy atom. The molecule has 0 aliphatic carbocycles. The highest BCUT2D eigenvalue weighted by Crippen LogP contribution is 2.19. The molecule has 0 unspecified atom stereocenters. The van der Waals surface area contributed by atoms with Crippen LogP contribution >= 0.6 is 0 Å². The van der Waals surface area contributed by atoms with Gasteiger partial charge in [-0.25, -0.2) is 4.79 Å². The molecule has 3 rings (SSSR count). The first-order valence-electron chi connectivity index (χ1n) is 9.06. The number of amides is 1. The molecule has 0 fully saturated rings. The van der Waals surface area contributed by atoms with Gasteiger partial charge in [0.05, 0.1) is 11.8 Å². The number of carbonyl (C=O) groups excluding carboxylic acids is 3. The van der Waals surface area contributed by atoms with Crippen LogP contribution in [0.4, 0.5) is 5.69 Å². The van der Waals surface area contributed by atoms with E-state index in [2.05, 4.69) is 5.32 Å². The summed E-state index contributed by atoms with van der Waals surface area (Å²) in [6.07, 6.45) is 1.41. The van der Waals surface area contributed by atoms with E-state index in [0.717, 1.165) is 17.0 Å². The lowest BCUT2D eigenvalue weighted by Gasteiger charge is -2.10. The second kappa shape index (κ2) is 8.18. The maximum Gasteiger partial charge on any atom is 0.338 e. The van der Waals surface area contributed by atoms with Crippen molar-refractivity contribution in [3.8, 4) is 0 Å². The molecule has 7 nitrogen and oxygen atoms in total. The summed E-state index contributed by atoms with van der Waals surface area (Å²) in [6.45, 7) is 5.19. The Kier molecular flexibility index (Phi) is 5.68. The van der Waals surface area contributed by atoms with Crippen LogP contribution in [0.3, 0.4) is 0 Å². The van der Waals surface area contributed by atoms with Gasteiger partial charge in [0, 0.05) is 29.7 Å². The van der Waals surface area contributed by atoms with Crippen molar-refractivity contribution in [3.63, 3.8) is 0 Å². The molecule has 1 aromatic carbocycles. The fourth-order valence-electron chi connectivity index (χ4n) is 2.91. The van der Waals surface area contributed by atoms with Gasteiger partial charge in [-0.15, -0.1) is 0 Å². The summed E-state index contributed by atoms with van der Waals surface area (Å²) >= 11 is 0. The topological polar surface area (TPSA) is 90.5 Å². The van der Waals surface area contributed by atoms with E-state index < -0.39 is 11.9 Å². The van der Waals surface area contributed by atoms with Gasteiger partial charge in [0.2, 0.25) is 5.78 Å². The molecule has 3 aromatic rings. The molecule has 7 heteroatoms. The van der Waals surface area contributed by atoms with Gasteiger partial charge in [-0.2, -0.15) is 0 Å². The van der Waals surface area contributed by atoms with E-state index >= 15 is 0 Å². The molecule has 0 bridgehead atoms. The van der Waals surface area contributed by atoms with Gasteiger partial charge in [-0.05, 0) is 56.7 Å². The highest BCUT2D eigenvalue weighted by atomic mass is 16.5. The number of nitrogens with zero attached hydrogens (tertiary/aromatic N) is 1. The number of rotatable bonds is 6. The van der Waals surface area contributed by atoms with Crippen LogP contribution in [-0.2, 0) is 11.8 Å². The second-order valence-corrected chi connectivity index (χ2v) is 6.80. The van der Waals surface area contributed by atoms with Gasteiger partial charge in [0.25, 0.3) is 5.91 Å². The monoisotopic (exact) mass is 394 g/mol. The third kappa shape index (κ3) is 4.29. The predicted molar refractivity (Wildman–Crippen MR) is 107 cm³/mol. The lowest BCUT2D eigenvalue weighted by molar-refractivity contribution is 0.0474. The molecule has 1 amide bonds. The number of furan rings is 1. The summed E-state index contributed by atoms with van der Waals surface area (Å²) in [5.74, 6) is -1.17. The van der Waals surface area contributed by atoms with Crippen molar-refractivity contribution < 1.29 is 23.5 Å². The first-order chi connectivity index (χ1) is 13.8. The maximum atomic E-state index is 12.4. The van der Waals surface area contributed by atoms with Crippen molar-refractivity contribution in [2.24, 2.45) is 7.05 Å². The van der Waals surface area contributed by atoms with Gasteiger partial charge in [-0.1, -0.05) is 6.07 Å². The number of Topliss-reactive ketones (excluding diaryl/α,β-unsaturated/α-hetero) is 1. The van der Waals surface area contributed by atoms with Crippen molar-refractivity contribution in [2.45, 2.75) is 20.8 Å². The van der Waals surface area contributed by atoms with Crippen LogP contribution in [-0.4, -0.2) is 28.8 Å². The highest BCUT2D eigenvalue weighted by Gasteiger charge is 2.18. The molecule has 0 spiro atoms. The van der Waals surface area contributed by atoms with Gasteiger partial charge >= 0.3 is 5.97 Å². The smallest absolute Gasteiger partial charge is 0.338 e. The van der Waals surface area contributed by atoms with Gasteiger partial charge in [-0.3, -0.25) is 9.59 Å². The van der Waals surface area contributed by atoms with Crippen molar-refractivity contribution in [2.75, 3.05) is 11.9 Å². The summed E-state index contributed by atoms with van der Waals surface area (Å²) in [4.78, 5) is 37.0. The second-order valence-electron chi connectivity index (χ2n) is 6.80. The number of anilines is 1. The third-order valence-corrected chi connectivity index (χ3v) is 4.88. The fraction of sp³-hybridized carbons (Fsp3) is 0.227. The normalized spacial score (nSPS) is 10.6. The molecule has 0 aliphatic heterocycles. The Labute approximate surface area is 168 Å². The molecule has 0 atom stereocenters. The first-order valence-corrected chi connectivity index (χ1v) is 9.06. The largest absolute Gasteiger partial charge is 0.459 e. The van der Waals surface area contributed by atoms with Crippen LogP contribution in [0.1, 0.15) is 48.2 Å². The van der Waals surface area contributed by atoms with Crippen molar-refractivity contribution >= 4 is 23.3 Å². The van der Waals surface area contributed by atoms with Gasteiger partial charge in [0.1, 0.15) is 0 Å². The minimum atomic E-state index is -0.642. The standard InChI is InChI=1S/C22H22N2O5/c1-13-7-8-16(11-18(13)23-21(26)20-6-5-9-28-20)22(27)29-12-19(25)17-10-14(2)24(4)15(17)3/h5-11H,12H2,1-4H3,(H,23,26). The van der Waals surface area contributed by atoms with Crippen LogP contribution in [0.25, 0.3) is 0 Å². The van der Waals surface area contributed by atoms with Crippen LogP contribution in [0.2, 0.25) is 0 Å². The number of carbonyl (C=O) groups is 3. The Morgan fingerprint density at radius 2 is 1.86 bits per heavy atom. The van der Waals surface area contributed by atoms with Crippen molar-refractivity contribution in [1.82, 2.24) is 4.57 Å². The van der Waals surface area contributed by atoms with Crippen LogP contribution in [0, 0.1) is 20.8 Å². The number of benzene rings is 1. The number of esters is 1. The average molecular weight is 394 g/mol. The number of aromatic nitrogens is 1. The molecular formula is C22H22N2O5. The zero-order valence-electron chi connectivity index (χ0n) is 16.7. The Bertz CT molecular complexity index is 1080. The molecule has 0 saturated heterocycles. The maximum absolute atomic E-state index is 12.4. The average Bonchev–Trinajstić information content (AvgIpc) is 3.32. The van der Waals surface area contributed by atoms with E-state index in [4.69, 9.17) is 9.15 Å². The van der Waals surface area contributed by atoms with Gasteiger partial charge in [0.15, 0.2) is 12.4 Å². The molecule has 29 heavy (non-hydrogen) atoms. The predicted octanol–water partition coefficient (Wildman–Crippen LogP) is 3.84. The minimum absolute atomic E-state index is 0.163. The lowest BCUT2D eigenvalue weighted by atomic mass is 10.1. The SMILES string of the molecule is Cc1ccc(C(=O)OCC(=O)c2cc(C)n(C)c2C)cc1NC(=O)c1ccco1. The van der Waals surface area contributed by atoms with Crippen molar-refractivity contribution in [3.05, 3.63) is 76.5 Å². The van der Waals surface area contributed by atoms with Crippen LogP contribution in [0.15, 0.2) is 47.1 Å². The van der Waals surface area contributed by atoms with E-state index in [1.165, 1.54) is 12.3 Å². The first kappa shape index (κ1) is 20.1. The number of ketones is 1. The number of aryl methyl sites for hydroxylation is 2. The van der Waals surface area contributed by atoms with Crippen LogP contribution in [0.5, 0.6) is 0 Å². The van der Waals surface area contributed by atoms with Gasteiger partial charge < -0.3 is 19.0 Å². The number of ether oxygens (including phenoxy) is 1. The molecular weight excluding hydrogens is 372 g/mol. The zero-order chi connectivity index (χ0) is 21.1. The van der Waals surface area contributed by atoms with Crippen LogP contribution < -0.4 is 5.32 Å². The van der Waals surface area contributed by atoms with E-state index in [0.29, 0.717) is 11.3 Å². The molecule has 0 radical (unpaired) electrons. The van der Waals surface area contributed by atoms with E-state index in [9.17, 15) is 14.4 Å². The molecule has 0 aliphatic rings. The minimum Gasteiger partial charge on any atom is -0.459 e. The Balaban J connectivity index is 1.68. The quantitative estimate of drug-likeness (QED) is 0.507. The number of hydrogen-bond acceptors (Lipinski definition) is 5. The summed E-state index contributed by atoms with van der Waals surface area (Å²) in [5.41, 5.74) is 3.77. The lowest BCUT2D eigenvalue weighted by Crippen LogP contribution is -2.16. The fourth-order valence-corrected chi connectivity index (χ4v) is 2.91. The molecule has 1 N–H and O–H groups in total. The van der Waals surface area contributed by atoms with E-state index in [1.54, 1.807) is 37.3 Å². The summed E-state index contributed by atoms with van der Waals surface area (Å²) in [5, 5.41) is 2.70. The molecule has 0 saturated carbocycles. The third-order valence-electron chi connectivity index (χ3n) is 4.88. The molecule has 2 heterocycles. The summed E-state index contributed by atoms with van der Waals surface area (Å²) in [7, 11) is 1.87. The number of hydrogen-bond donors (Lipinski definition) is 1. The Hall–Kier alpha value is -3.61. The Morgan fingerprint density at radius 1 is 1.10 bits per heavy atom. The van der Waals surface area contributed by atoms with E-state index in [-0.39, 0.29) is 23.7 Å². The van der Waals surface area contributed by atoms with Crippen molar-refractivity contribution in [1.29, 1.82) is 0 Å². The summed E-state index contributed by atoms with van der Waals surface area (Å²) in [6, 6.07) is 9.73. The van der Waals surface area contributed by atoms with E-state index in [1.807, 2.05) is 25.5 Å². The number of nitrogens with one attached hydrogen (secondary N) is 1. The zero-order valence-corrected chi connectivity index (χ0v) is 16.7. The molecule has 150 valence electrons. The highest BCUT2D eigenvalue weighted by molar-refractivity contribution is 6.04. The molecule has 2 aromatic heterocycles. The summed E-state index contributed by atoms with van der Waals surface area (Å²) < 4.78 is 12.2.